The van der Waals surface area contributed by atoms with E-state index in [1.54, 1.807) is 18.1 Å². The summed E-state index contributed by atoms with van der Waals surface area (Å²) < 4.78 is 54.0. The maximum Gasteiger partial charge on any atom is 0.471 e. The highest BCUT2D eigenvalue weighted by Crippen LogP contribution is 2.40. The number of aryl methyl sites for hydroxylation is 1. The summed E-state index contributed by atoms with van der Waals surface area (Å²) in [7, 11) is 1.89. The second-order valence-corrected chi connectivity index (χ2v) is 13.0. The number of hydrogen-bond donors (Lipinski definition) is 2. The Morgan fingerprint density at radius 1 is 1.02 bits per heavy atom. The molecule has 2 amide bonds. The highest BCUT2D eigenvalue weighted by Gasteiger charge is 2.47. The molecule has 0 radical (unpaired) electrons. The van der Waals surface area contributed by atoms with Crippen molar-refractivity contribution in [2.24, 2.45) is 7.05 Å². The average molecular weight is 696 g/mol. The van der Waals surface area contributed by atoms with Gasteiger partial charge in [0.2, 0.25) is 5.91 Å². The third-order valence-electron chi connectivity index (χ3n) is 8.71. The normalized spacial score (nSPS) is 21.1. The van der Waals surface area contributed by atoms with Crippen LogP contribution in [0.25, 0.3) is 11.1 Å². The summed E-state index contributed by atoms with van der Waals surface area (Å²) in [5, 5.41) is 21.1. The second kappa shape index (κ2) is 15.1. The number of rotatable bonds is 10. The second-order valence-electron chi connectivity index (χ2n) is 12.0. The molecule has 6 rings (SSSR count). The van der Waals surface area contributed by atoms with Crippen molar-refractivity contribution in [3.8, 4) is 11.1 Å². The van der Waals surface area contributed by atoms with Crippen LogP contribution in [-0.4, -0.2) is 67.2 Å². The van der Waals surface area contributed by atoms with Gasteiger partial charge < -0.3 is 29.4 Å². The number of nitrogens with one attached hydrogen (secondary N) is 1. The number of ether oxygens (including phenoxy) is 2. The van der Waals surface area contributed by atoms with E-state index in [4.69, 9.17) is 9.47 Å². The molecule has 0 spiro atoms. The van der Waals surface area contributed by atoms with E-state index in [-0.39, 0.29) is 38.3 Å². The number of carbonyl (C=O) groups is 2. The number of halogens is 3. The first-order chi connectivity index (χ1) is 23.6. The fourth-order valence-electron chi connectivity index (χ4n) is 6.11. The highest BCUT2D eigenvalue weighted by molar-refractivity contribution is 7.99. The first kappa shape index (κ1) is 34.6. The molecule has 3 aromatic carbocycles. The minimum absolute atomic E-state index is 0.0432. The van der Waals surface area contributed by atoms with Crippen LogP contribution in [0.15, 0.2) is 84.3 Å². The Hall–Kier alpha value is -4.24. The number of amides is 2. The van der Waals surface area contributed by atoms with Crippen molar-refractivity contribution in [3.63, 3.8) is 0 Å². The van der Waals surface area contributed by atoms with Crippen LogP contribution >= 0.6 is 11.8 Å². The van der Waals surface area contributed by atoms with Gasteiger partial charge in [-0.2, -0.15) is 13.2 Å². The van der Waals surface area contributed by atoms with Crippen LogP contribution < -0.4 is 5.32 Å². The Kier molecular flexibility index (Phi) is 10.7. The monoisotopic (exact) mass is 695 g/mol. The molecule has 2 N–H and O–H groups in total. The predicted molar refractivity (Wildman–Crippen MR) is 175 cm³/mol. The summed E-state index contributed by atoms with van der Waals surface area (Å²) in [5.41, 5.74) is 5.09. The van der Waals surface area contributed by atoms with Gasteiger partial charge in [-0.3, -0.25) is 9.59 Å². The fraction of sp³-hybridized carbons (Fsp3) is 0.371. The van der Waals surface area contributed by atoms with Gasteiger partial charge in [0, 0.05) is 37.9 Å². The summed E-state index contributed by atoms with van der Waals surface area (Å²) >= 11 is 1.56. The lowest BCUT2D eigenvalue weighted by atomic mass is 9.97. The zero-order valence-electron chi connectivity index (χ0n) is 26.7. The molecule has 258 valence electrons. The van der Waals surface area contributed by atoms with Gasteiger partial charge in [-0.15, -0.1) is 10.2 Å². The van der Waals surface area contributed by atoms with E-state index in [9.17, 15) is 27.9 Å². The third-order valence-corrected chi connectivity index (χ3v) is 9.87. The van der Waals surface area contributed by atoms with Crippen LogP contribution in [0.2, 0.25) is 0 Å². The summed E-state index contributed by atoms with van der Waals surface area (Å²) in [6.07, 6.45) is -3.31. The number of likely N-dealkylation sites (tertiary alicyclic amines) is 1. The molecule has 0 saturated carbocycles. The zero-order valence-corrected chi connectivity index (χ0v) is 27.5. The van der Waals surface area contributed by atoms with Gasteiger partial charge in [0.1, 0.15) is 12.4 Å². The van der Waals surface area contributed by atoms with Gasteiger partial charge in [-0.1, -0.05) is 84.6 Å². The van der Waals surface area contributed by atoms with Crippen molar-refractivity contribution < 1.29 is 37.3 Å². The van der Waals surface area contributed by atoms with E-state index in [1.165, 1.54) is 0 Å². The van der Waals surface area contributed by atoms with E-state index in [0.29, 0.717) is 23.5 Å². The zero-order chi connectivity index (χ0) is 34.5. The summed E-state index contributed by atoms with van der Waals surface area (Å²) in [5.74, 6) is -1.96. The smallest absolute Gasteiger partial charge is 0.392 e. The van der Waals surface area contributed by atoms with Gasteiger partial charge in [0.05, 0.1) is 18.8 Å². The molecule has 10 nitrogen and oxygen atoms in total. The lowest BCUT2D eigenvalue weighted by Gasteiger charge is -2.36. The van der Waals surface area contributed by atoms with E-state index in [1.807, 2.05) is 84.4 Å². The van der Waals surface area contributed by atoms with Gasteiger partial charge in [0.15, 0.2) is 11.4 Å². The Bertz CT molecular complexity index is 1750. The SMILES string of the molecule is Cn1cnnc1SC[C@H]1C[C@@H](c2ccc(CO)cc2)O[C@@H](c2ccc(-c3ccccc3CNC(=O)[C@@H]3CCCN3C(=O)C(F)(F)F)cc2)O1. The topological polar surface area (TPSA) is 119 Å². The van der Waals surface area contributed by atoms with Crippen LogP contribution in [0.5, 0.6) is 0 Å². The summed E-state index contributed by atoms with van der Waals surface area (Å²) in [4.78, 5) is 25.4. The first-order valence-electron chi connectivity index (χ1n) is 15.9. The van der Waals surface area contributed by atoms with Gasteiger partial charge in [0.25, 0.3) is 0 Å². The number of benzene rings is 3. The molecule has 0 bridgehead atoms. The number of aliphatic hydroxyl groups excluding tert-OH is 1. The molecule has 4 atom stereocenters. The number of hydrogen-bond acceptors (Lipinski definition) is 8. The molecule has 49 heavy (non-hydrogen) atoms. The lowest BCUT2D eigenvalue weighted by molar-refractivity contribution is -0.245. The molecule has 2 aliphatic heterocycles. The minimum Gasteiger partial charge on any atom is -0.392 e. The Labute approximate surface area is 285 Å². The van der Waals surface area contributed by atoms with Crippen molar-refractivity contribution in [3.05, 3.63) is 101 Å². The molecule has 0 aliphatic carbocycles. The third kappa shape index (κ3) is 8.15. The van der Waals surface area contributed by atoms with E-state index in [0.717, 1.165) is 38.5 Å². The van der Waals surface area contributed by atoms with Crippen LogP contribution in [-0.2, 0) is 39.3 Å². The van der Waals surface area contributed by atoms with Crippen LogP contribution in [0.1, 0.15) is 53.9 Å². The number of carbonyl (C=O) groups excluding carboxylic acids is 2. The number of thioether (sulfide) groups is 1. The van der Waals surface area contributed by atoms with Crippen molar-refractivity contribution in [1.29, 1.82) is 0 Å². The summed E-state index contributed by atoms with van der Waals surface area (Å²) in [6.45, 7) is -0.0675. The molecule has 2 fully saturated rings. The van der Waals surface area contributed by atoms with Gasteiger partial charge in [-0.05, 0) is 40.7 Å². The van der Waals surface area contributed by atoms with E-state index < -0.39 is 30.3 Å². The number of nitrogens with zero attached hydrogens (tertiary/aromatic N) is 4. The molecule has 2 saturated heterocycles. The van der Waals surface area contributed by atoms with E-state index >= 15 is 0 Å². The van der Waals surface area contributed by atoms with Crippen molar-refractivity contribution in [1.82, 2.24) is 25.0 Å². The molecule has 2 aliphatic rings. The minimum atomic E-state index is -5.03. The highest BCUT2D eigenvalue weighted by atomic mass is 32.2. The molecular formula is C35H36F3N5O5S. The number of aliphatic hydroxyl groups is 1. The van der Waals surface area contributed by atoms with Crippen LogP contribution in [0.4, 0.5) is 13.2 Å². The first-order valence-corrected chi connectivity index (χ1v) is 16.9. The standard InChI is InChI=1S/C35H36F3N5O5S/c1-42-21-40-41-34(42)49-20-27-17-30(24-10-8-22(19-44)9-11-24)48-32(47-27)25-14-12-23(13-15-25)28-6-3-2-5-26(28)18-39-31(45)29-7-4-16-43(29)33(46)35(36,37)38/h2-3,5-6,8-15,21,27,29-30,32,44H,4,7,16-20H2,1H3,(H,39,45)/t27-,29+,30+,32+/m1/s1. The molecule has 14 heteroatoms. The van der Waals surface area contributed by atoms with Gasteiger partial charge in [-0.25, -0.2) is 0 Å². The Morgan fingerprint density at radius 2 is 1.76 bits per heavy atom. The largest absolute Gasteiger partial charge is 0.471 e. The molecule has 0 unspecified atom stereocenters. The van der Waals surface area contributed by atoms with Crippen molar-refractivity contribution >= 4 is 23.6 Å². The summed E-state index contributed by atoms with van der Waals surface area (Å²) in [6, 6.07) is 21.7. The van der Waals surface area contributed by atoms with Crippen molar-refractivity contribution in [2.75, 3.05) is 12.3 Å². The van der Waals surface area contributed by atoms with Crippen LogP contribution in [0, 0.1) is 0 Å². The van der Waals surface area contributed by atoms with Crippen molar-refractivity contribution in [2.45, 2.75) is 68.3 Å². The Morgan fingerprint density at radius 3 is 2.45 bits per heavy atom. The molecular weight excluding hydrogens is 659 g/mol. The predicted octanol–water partition coefficient (Wildman–Crippen LogP) is 5.48. The lowest BCUT2D eigenvalue weighted by Crippen LogP contribution is -2.50. The van der Waals surface area contributed by atoms with Crippen LogP contribution in [0.3, 0.4) is 0 Å². The number of alkyl halides is 3. The molecule has 4 aromatic rings. The fourth-order valence-corrected chi connectivity index (χ4v) is 7.02. The van der Waals surface area contributed by atoms with Gasteiger partial charge >= 0.3 is 12.1 Å². The number of aromatic nitrogens is 3. The molecule has 3 heterocycles. The Balaban J connectivity index is 1.16. The average Bonchev–Trinajstić information content (AvgIpc) is 3.78. The van der Waals surface area contributed by atoms with E-state index in [2.05, 4.69) is 15.5 Å². The quantitative estimate of drug-likeness (QED) is 0.210. The molecule has 1 aromatic heterocycles. The maximum absolute atomic E-state index is 13.1. The maximum atomic E-state index is 13.1.